The fourth-order valence-corrected chi connectivity index (χ4v) is 2.45. The van der Waals surface area contributed by atoms with Gasteiger partial charge in [0.05, 0.1) is 5.02 Å². The standard InChI is InChI=1S/C17H16ClFO/c1-11-4-3-5-13(12(11)2)6-9-17(20)15-8-7-14(19)10-16(15)18/h3-5,7-8,10H,6,9H2,1-2H3. The van der Waals surface area contributed by atoms with E-state index >= 15 is 0 Å². The average Bonchev–Trinajstić information content (AvgIpc) is 2.40. The fourth-order valence-electron chi connectivity index (χ4n) is 2.18. The van der Waals surface area contributed by atoms with Gasteiger partial charge in [0.15, 0.2) is 5.78 Å². The molecule has 2 aromatic rings. The minimum absolute atomic E-state index is 0.0593. The molecule has 20 heavy (non-hydrogen) atoms. The summed E-state index contributed by atoms with van der Waals surface area (Å²) in [7, 11) is 0. The lowest BCUT2D eigenvalue weighted by molar-refractivity contribution is 0.0983. The van der Waals surface area contributed by atoms with Crippen LogP contribution in [-0.4, -0.2) is 5.78 Å². The van der Waals surface area contributed by atoms with E-state index in [9.17, 15) is 9.18 Å². The van der Waals surface area contributed by atoms with Gasteiger partial charge in [-0.05, 0) is 55.2 Å². The van der Waals surface area contributed by atoms with Gasteiger partial charge in [-0.3, -0.25) is 4.79 Å². The molecule has 2 aromatic carbocycles. The van der Waals surface area contributed by atoms with Gasteiger partial charge in [0.2, 0.25) is 0 Å². The van der Waals surface area contributed by atoms with Crippen LogP contribution < -0.4 is 0 Å². The van der Waals surface area contributed by atoms with Crippen LogP contribution in [-0.2, 0) is 6.42 Å². The molecule has 0 aliphatic rings. The number of ketones is 1. The van der Waals surface area contributed by atoms with Crippen molar-refractivity contribution in [2.75, 3.05) is 0 Å². The Hall–Kier alpha value is -1.67. The number of rotatable bonds is 4. The molecule has 0 spiro atoms. The fraction of sp³-hybridized carbons (Fsp3) is 0.235. The summed E-state index contributed by atoms with van der Waals surface area (Å²) in [4.78, 5) is 12.1. The van der Waals surface area contributed by atoms with E-state index in [1.807, 2.05) is 12.1 Å². The summed E-state index contributed by atoms with van der Waals surface area (Å²) in [5.41, 5.74) is 3.98. The minimum atomic E-state index is -0.430. The van der Waals surface area contributed by atoms with E-state index in [0.717, 1.165) is 5.56 Å². The molecule has 0 aliphatic carbocycles. The van der Waals surface area contributed by atoms with Gasteiger partial charge >= 0.3 is 0 Å². The van der Waals surface area contributed by atoms with Crippen LogP contribution >= 0.6 is 11.6 Å². The van der Waals surface area contributed by atoms with Gasteiger partial charge in [0, 0.05) is 12.0 Å². The Balaban J connectivity index is 2.11. The molecule has 0 heterocycles. The van der Waals surface area contributed by atoms with Crippen LogP contribution in [0.2, 0.25) is 5.02 Å². The van der Waals surface area contributed by atoms with Crippen LogP contribution in [0.4, 0.5) is 4.39 Å². The minimum Gasteiger partial charge on any atom is -0.294 e. The molecule has 0 aromatic heterocycles. The normalized spacial score (nSPS) is 10.6. The molecule has 0 saturated carbocycles. The SMILES string of the molecule is Cc1cccc(CCC(=O)c2ccc(F)cc2Cl)c1C. The largest absolute Gasteiger partial charge is 0.294 e. The molecule has 0 aliphatic heterocycles. The predicted molar refractivity (Wildman–Crippen MR) is 80.0 cm³/mol. The first kappa shape index (κ1) is 14.7. The van der Waals surface area contributed by atoms with Crippen molar-refractivity contribution in [2.24, 2.45) is 0 Å². The van der Waals surface area contributed by atoms with Crippen molar-refractivity contribution in [3.63, 3.8) is 0 Å². The summed E-state index contributed by atoms with van der Waals surface area (Å²) >= 11 is 5.90. The maximum Gasteiger partial charge on any atom is 0.164 e. The third-order valence-corrected chi connectivity index (χ3v) is 3.88. The van der Waals surface area contributed by atoms with Gasteiger partial charge in [-0.2, -0.15) is 0 Å². The smallest absolute Gasteiger partial charge is 0.164 e. The van der Waals surface area contributed by atoms with E-state index in [0.29, 0.717) is 18.4 Å². The summed E-state index contributed by atoms with van der Waals surface area (Å²) in [6, 6.07) is 9.96. The first-order valence-electron chi connectivity index (χ1n) is 6.52. The van der Waals surface area contributed by atoms with E-state index in [2.05, 4.69) is 19.9 Å². The topological polar surface area (TPSA) is 17.1 Å². The number of carbonyl (C=O) groups is 1. The summed E-state index contributed by atoms with van der Waals surface area (Å²) < 4.78 is 13.0. The molecular weight excluding hydrogens is 275 g/mol. The van der Waals surface area contributed by atoms with Crippen molar-refractivity contribution >= 4 is 17.4 Å². The number of aryl methyl sites for hydroxylation is 2. The number of carbonyl (C=O) groups excluding carboxylic acids is 1. The zero-order valence-electron chi connectivity index (χ0n) is 11.5. The highest BCUT2D eigenvalue weighted by Crippen LogP contribution is 2.21. The molecule has 104 valence electrons. The third kappa shape index (κ3) is 3.26. The van der Waals surface area contributed by atoms with E-state index in [1.165, 1.54) is 29.3 Å². The van der Waals surface area contributed by atoms with Crippen molar-refractivity contribution in [1.82, 2.24) is 0 Å². The first-order valence-corrected chi connectivity index (χ1v) is 6.90. The second-order valence-corrected chi connectivity index (χ2v) is 5.31. The van der Waals surface area contributed by atoms with Crippen LogP contribution in [0.15, 0.2) is 36.4 Å². The van der Waals surface area contributed by atoms with Gasteiger partial charge in [-0.1, -0.05) is 29.8 Å². The number of Topliss-reactive ketones (excluding diaryl/α,β-unsaturated/α-hetero) is 1. The van der Waals surface area contributed by atoms with E-state index in [-0.39, 0.29) is 10.8 Å². The van der Waals surface area contributed by atoms with Crippen LogP contribution in [0.3, 0.4) is 0 Å². The zero-order chi connectivity index (χ0) is 14.7. The highest BCUT2D eigenvalue weighted by Gasteiger charge is 2.12. The highest BCUT2D eigenvalue weighted by molar-refractivity contribution is 6.33. The Morgan fingerprint density at radius 2 is 1.95 bits per heavy atom. The summed E-state index contributed by atoms with van der Waals surface area (Å²) in [6.07, 6.45) is 1.04. The van der Waals surface area contributed by atoms with E-state index < -0.39 is 5.82 Å². The highest BCUT2D eigenvalue weighted by atomic mass is 35.5. The van der Waals surface area contributed by atoms with Gasteiger partial charge in [0.25, 0.3) is 0 Å². The van der Waals surface area contributed by atoms with Crippen molar-refractivity contribution in [1.29, 1.82) is 0 Å². The van der Waals surface area contributed by atoms with Gasteiger partial charge in [0.1, 0.15) is 5.82 Å². The Morgan fingerprint density at radius 3 is 2.65 bits per heavy atom. The number of hydrogen-bond acceptors (Lipinski definition) is 1. The molecule has 0 atom stereocenters. The molecule has 0 bridgehead atoms. The Kier molecular flexibility index (Phi) is 4.56. The number of hydrogen-bond donors (Lipinski definition) is 0. The van der Waals surface area contributed by atoms with Crippen molar-refractivity contribution in [3.8, 4) is 0 Å². The van der Waals surface area contributed by atoms with Crippen molar-refractivity contribution < 1.29 is 9.18 Å². The van der Waals surface area contributed by atoms with E-state index in [4.69, 9.17) is 11.6 Å². The zero-order valence-corrected chi connectivity index (χ0v) is 12.3. The lowest BCUT2D eigenvalue weighted by Crippen LogP contribution is -2.03. The quantitative estimate of drug-likeness (QED) is 0.731. The molecule has 0 unspecified atom stereocenters. The number of halogens is 2. The summed E-state index contributed by atoms with van der Waals surface area (Å²) in [6.45, 7) is 4.11. The monoisotopic (exact) mass is 290 g/mol. The summed E-state index contributed by atoms with van der Waals surface area (Å²) in [5.74, 6) is -0.489. The Labute approximate surface area is 123 Å². The maximum atomic E-state index is 13.0. The molecule has 0 saturated heterocycles. The second kappa shape index (κ2) is 6.19. The molecule has 0 radical (unpaired) electrons. The first-order chi connectivity index (χ1) is 9.49. The lowest BCUT2D eigenvalue weighted by Gasteiger charge is -2.08. The lowest BCUT2D eigenvalue weighted by atomic mass is 9.97. The molecule has 3 heteroatoms. The van der Waals surface area contributed by atoms with Crippen LogP contribution in [0.5, 0.6) is 0 Å². The average molecular weight is 291 g/mol. The molecule has 0 amide bonds. The Morgan fingerprint density at radius 1 is 1.20 bits per heavy atom. The van der Waals surface area contributed by atoms with Gasteiger partial charge in [-0.15, -0.1) is 0 Å². The molecule has 0 fully saturated rings. The van der Waals surface area contributed by atoms with Crippen LogP contribution in [0.1, 0.15) is 33.5 Å². The Bertz CT molecular complexity index is 649. The molecule has 1 nitrogen and oxygen atoms in total. The maximum absolute atomic E-state index is 13.0. The number of benzene rings is 2. The van der Waals surface area contributed by atoms with Crippen molar-refractivity contribution in [3.05, 3.63) is 69.5 Å². The van der Waals surface area contributed by atoms with Crippen molar-refractivity contribution in [2.45, 2.75) is 26.7 Å². The third-order valence-electron chi connectivity index (χ3n) is 3.57. The van der Waals surface area contributed by atoms with E-state index in [1.54, 1.807) is 0 Å². The van der Waals surface area contributed by atoms with Crippen LogP contribution in [0.25, 0.3) is 0 Å². The molecular formula is C17H16ClFO. The summed E-state index contributed by atoms with van der Waals surface area (Å²) in [5, 5.41) is 0.177. The van der Waals surface area contributed by atoms with Crippen LogP contribution in [0, 0.1) is 19.7 Å². The second-order valence-electron chi connectivity index (χ2n) is 4.91. The molecule has 2 rings (SSSR count). The van der Waals surface area contributed by atoms with Gasteiger partial charge < -0.3 is 0 Å². The van der Waals surface area contributed by atoms with Gasteiger partial charge in [-0.25, -0.2) is 4.39 Å². The molecule has 0 N–H and O–H groups in total. The predicted octanol–water partition coefficient (Wildman–Crippen LogP) is 4.91.